The summed E-state index contributed by atoms with van der Waals surface area (Å²) in [7, 11) is 4.17. The molecule has 1 aromatic carbocycles. The Balaban J connectivity index is 2.76. The summed E-state index contributed by atoms with van der Waals surface area (Å²) in [5, 5.41) is 10.0. The number of benzene rings is 1. The topological polar surface area (TPSA) is 26.7 Å². The number of para-hydroxylation sites is 1. The van der Waals surface area contributed by atoms with Crippen LogP contribution in [0.4, 0.5) is 0 Å². The zero-order valence-corrected chi connectivity index (χ0v) is 13.2. The van der Waals surface area contributed by atoms with Gasteiger partial charge in [-0.1, -0.05) is 19.1 Å². The molecule has 0 fully saturated rings. The summed E-state index contributed by atoms with van der Waals surface area (Å²) in [6.07, 6.45) is 0. The van der Waals surface area contributed by atoms with Crippen molar-refractivity contribution < 1.29 is 5.11 Å². The molecule has 1 N–H and O–H groups in total. The third kappa shape index (κ3) is 4.26. The fourth-order valence-corrected chi connectivity index (χ4v) is 2.54. The lowest BCUT2D eigenvalue weighted by Crippen LogP contribution is -2.39. The number of phenols is 1. The minimum atomic E-state index is 0.355. The SMILES string of the molecule is CCN(Cc1cccc(Br)c1O)C(C)CN(C)C. The molecule has 0 bridgehead atoms. The van der Waals surface area contributed by atoms with Crippen molar-refractivity contribution in [3.63, 3.8) is 0 Å². The van der Waals surface area contributed by atoms with Gasteiger partial charge in [-0.25, -0.2) is 0 Å². The van der Waals surface area contributed by atoms with Crippen molar-refractivity contribution in [2.45, 2.75) is 26.4 Å². The van der Waals surface area contributed by atoms with Crippen molar-refractivity contribution in [2.24, 2.45) is 0 Å². The Morgan fingerprint density at radius 2 is 2.00 bits per heavy atom. The highest BCUT2D eigenvalue weighted by Crippen LogP contribution is 2.28. The molecule has 1 aromatic rings. The molecule has 0 spiro atoms. The van der Waals surface area contributed by atoms with Gasteiger partial charge in [0.1, 0.15) is 5.75 Å². The lowest BCUT2D eigenvalue weighted by Gasteiger charge is -2.30. The van der Waals surface area contributed by atoms with E-state index in [9.17, 15) is 5.11 Å². The standard InChI is InChI=1S/C14H23BrN2O/c1-5-17(11(2)9-16(3)4)10-12-7-6-8-13(15)14(12)18/h6-8,11,18H,5,9-10H2,1-4H3. The van der Waals surface area contributed by atoms with E-state index < -0.39 is 0 Å². The van der Waals surface area contributed by atoms with E-state index >= 15 is 0 Å². The third-order valence-corrected chi connectivity index (χ3v) is 3.74. The monoisotopic (exact) mass is 314 g/mol. The Morgan fingerprint density at radius 3 is 2.56 bits per heavy atom. The molecule has 0 amide bonds. The van der Waals surface area contributed by atoms with Gasteiger partial charge in [0.15, 0.2) is 0 Å². The predicted octanol–water partition coefficient (Wildman–Crippen LogP) is 2.93. The zero-order valence-electron chi connectivity index (χ0n) is 11.7. The Bertz CT molecular complexity index is 382. The van der Waals surface area contributed by atoms with Gasteiger partial charge in [-0.05, 0) is 49.6 Å². The van der Waals surface area contributed by atoms with Crippen LogP contribution in [0.25, 0.3) is 0 Å². The first kappa shape index (κ1) is 15.5. The van der Waals surface area contributed by atoms with Crippen molar-refractivity contribution in [1.82, 2.24) is 9.80 Å². The number of rotatable bonds is 6. The molecule has 0 radical (unpaired) electrons. The van der Waals surface area contributed by atoms with Gasteiger partial charge in [-0.3, -0.25) is 4.90 Å². The summed E-state index contributed by atoms with van der Waals surface area (Å²) in [4.78, 5) is 4.55. The lowest BCUT2D eigenvalue weighted by molar-refractivity contribution is 0.173. The first-order valence-electron chi connectivity index (χ1n) is 6.30. The van der Waals surface area contributed by atoms with Gasteiger partial charge in [0.05, 0.1) is 4.47 Å². The fourth-order valence-electron chi connectivity index (χ4n) is 2.13. The van der Waals surface area contributed by atoms with Gasteiger partial charge >= 0.3 is 0 Å². The molecule has 0 aromatic heterocycles. The van der Waals surface area contributed by atoms with Crippen LogP contribution in [0.3, 0.4) is 0 Å². The molecule has 0 aliphatic rings. The maximum absolute atomic E-state index is 10.0. The van der Waals surface area contributed by atoms with E-state index in [1.54, 1.807) is 0 Å². The molecule has 1 atom stereocenters. The van der Waals surface area contributed by atoms with Crippen molar-refractivity contribution in [2.75, 3.05) is 27.2 Å². The van der Waals surface area contributed by atoms with Crippen molar-refractivity contribution in [1.29, 1.82) is 0 Å². The fraction of sp³-hybridized carbons (Fsp3) is 0.571. The molecule has 1 unspecified atom stereocenters. The Morgan fingerprint density at radius 1 is 1.33 bits per heavy atom. The molecule has 0 saturated heterocycles. The van der Waals surface area contributed by atoms with Crippen LogP contribution in [-0.2, 0) is 6.54 Å². The van der Waals surface area contributed by atoms with Crippen LogP contribution in [0, 0.1) is 0 Å². The number of aromatic hydroxyl groups is 1. The third-order valence-electron chi connectivity index (χ3n) is 3.10. The van der Waals surface area contributed by atoms with Gasteiger partial charge in [0, 0.05) is 24.7 Å². The molecular formula is C14H23BrN2O. The Labute approximate surface area is 119 Å². The number of phenolic OH excluding ortho intramolecular Hbond substituents is 1. The molecule has 0 heterocycles. The average molecular weight is 315 g/mol. The minimum Gasteiger partial charge on any atom is -0.506 e. The number of likely N-dealkylation sites (N-methyl/N-ethyl adjacent to an activating group) is 2. The summed E-state index contributed by atoms with van der Waals surface area (Å²) >= 11 is 3.36. The Hall–Kier alpha value is -0.580. The van der Waals surface area contributed by atoms with E-state index in [-0.39, 0.29) is 0 Å². The summed E-state index contributed by atoms with van der Waals surface area (Å²) in [5.74, 6) is 0.355. The summed E-state index contributed by atoms with van der Waals surface area (Å²) < 4.78 is 0.760. The van der Waals surface area contributed by atoms with Crippen LogP contribution < -0.4 is 0 Å². The predicted molar refractivity (Wildman–Crippen MR) is 79.9 cm³/mol. The highest BCUT2D eigenvalue weighted by atomic mass is 79.9. The molecule has 0 aliphatic carbocycles. The first-order valence-corrected chi connectivity index (χ1v) is 7.10. The lowest BCUT2D eigenvalue weighted by atomic mass is 10.1. The number of hydrogen-bond donors (Lipinski definition) is 1. The van der Waals surface area contributed by atoms with Gasteiger partial charge in [0.25, 0.3) is 0 Å². The van der Waals surface area contributed by atoms with Crippen molar-refractivity contribution in [3.05, 3.63) is 28.2 Å². The van der Waals surface area contributed by atoms with Gasteiger partial charge in [-0.15, -0.1) is 0 Å². The summed E-state index contributed by atoms with van der Waals surface area (Å²) in [5.41, 5.74) is 0.969. The van der Waals surface area contributed by atoms with E-state index in [1.165, 1.54) is 0 Å². The molecule has 102 valence electrons. The second-order valence-corrected chi connectivity index (χ2v) is 5.78. The second kappa shape index (κ2) is 7.12. The first-order chi connectivity index (χ1) is 8.45. The number of halogens is 1. The molecule has 18 heavy (non-hydrogen) atoms. The molecule has 1 rings (SSSR count). The van der Waals surface area contributed by atoms with Gasteiger partial charge in [-0.2, -0.15) is 0 Å². The normalized spacial score (nSPS) is 13.3. The van der Waals surface area contributed by atoms with Crippen LogP contribution in [0.15, 0.2) is 22.7 Å². The minimum absolute atomic E-state index is 0.355. The molecular weight excluding hydrogens is 292 g/mol. The van der Waals surface area contributed by atoms with E-state index in [0.717, 1.165) is 29.7 Å². The van der Waals surface area contributed by atoms with E-state index in [4.69, 9.17) is 0 Å². The number of hydrogen-bond acceptors (Lipinski definition) is 3. The van der Waals surface area contributed by atoms with E-state index in [0.29, 0.717) is 11.8 Å². The number of nitrogens with zero attached hydrogens (tertiary/aromatic N) is 2. The molecule has 0 saturated carbocycles. The van der Waals surface area contributed by atoms with Gasteiger partial charge in [0.2, 0.25) is 0 Å². The molecule has 3 nitrogen and oxygen atoms in total. The van der Waals surface area contributed by atoms with Crippen LogP contribution in [0.5, 0.6) is 5.75 Å². The highest BCUT2D eigenvalue weighted by Gasteiger charge is 2.15. The van der Waals surface area contributed by atoms with E-state index in [2.05, 4.69) is 53.7 Å². The summed E-state index contributed by atoms with van der Waals surface area (Å²) in [6.45, 7) is 7.14. The zero-order chi connectivity index (χ0) is 13.7. The van der Waals surface area contributed by atoms with Crippen molar-refractivity contribution in [3.8, 4) is 5.75 Å². The smallest absolute Gasteiger partial charge is 0.134 e. The molecule has 4 heteroatoms. The Kier molecular flexibility index (Phi) is 6.12. The van der Waals surface area contributed by atoms with Crippen LogP contribution in [0.1, 0.15) is 19.4 Å². The van der Waals surface area contributed by atoms with E-state index in [1.807, 2.05) is 18.2 Å². The summed E-state index contributed by atoms with van der Waals surface area (Å²) in [6, 6.07) is 6.26. The quantitative estimate of drug-likeness (QED) is 0.874. The molecule has 0 aliphatic heterocycles. The van der Waals surface area contributed by atoms with Crippen molar-refractivity contribution >= 4 is 15.9 Å². The van der Waals surface area contributed by atoms with Gasteiger partial charge < -0.3 is 10.0 Å². The maximum Gasteiger partial charge on any atom is 0.134 e. The largest absolute Gasteiger partial charge is 0.506 e. The average Bonchev–Trinajstić information content (AvgIpc) is 2.30. The van der Waals surface area contributed by atoms with Crippen LogP contribution >= 0.6 is 15.9 Å². The maximum atomic E-state index is 10.0. The second-order valence-electron chi connectivity index (χ2n) is 4.92. The van der Waals surface area contributed by atoms with Crippen LogP contribution in [0.2, 0.25) is 0 Å². The highest BCUT2D eigenvalue weighted by molar-refractivity contribution is 9.10. The van der Waals surface area contributed by atoms with Crippen LogP contribution in [-0.4, -0.2) is 48.1 Å².